The van der Waals surface area contributed by atoms with Gasteiger partial charge in [-0.25, -0.2) is 19.9 Å². The van der Waals surface area contributed by atoms with E-state index in [1.54, 1.807) is 0 Å². The van der Waals surface area contributed by atoms with E-state index in [0.717, 1.165) is 203 Å². The molecule has 0 saturated carbocycles. The maximum atomic E-state index is 5.94. The second-order valence-corrected chi connectivity index (χ2v) is 27.1. The highest BCUT2D eigenvalue weighted by Crippen LogP contribution is 2.48. The van der Waals surface area contributed by atoms with Crippen molar-refractivity contribution in [3.8, 4) is 44.5 Å². The van der Waals surface area contributed by atoms with Gasteiger partial charge in [-0.3, -0.25) is 0 Å². The van der Waals surface area contributed by atoms with Crippen LogP contribution in [-0.4, -0.2) is 39.9 Å². The Bertz CT molecular complexity index is 6200. The Balaban J connectivity index is 1.03. The number of aromatic amines is 4. The lowest BCUT2D eigenvalue weighted by atomic mass is 9.86. The minimum Gasteiger partial charge on any atom is -0.355 e. The third-order valence-corrected chi connectivity index (χ3v) is 22.0. The fourth-order valence-electron chi connectivity index (χ4n) is 16.1. The Morgan fingerprint density at radius 2 is 0.663 bits per heavy atom. The number of H-pyrrole nitrogens is 4. The van der Waals surface area contributed by atoms with Gasteiger partial charge in [0.2, 0.25) is 0 Å². The van der Waals surface area contributed by atoms with Crippen LogP contribution in [0.1, 0.15) is 145 Å². The molecule has 98 heavy (non-hydrogen) atoms. The fraction of sp³-hybridized carbons (Fsp3) is 0.156. The molecule has 16 bridgehead atoms. The van der Waals surface area contributed by atoms with Crippen molar-refractivity contribution in [3.63, 3.8) is 0 Å². The average Bonchev–Trinajstić information content (AvgIpc) is 0.928. The standard InChI is InChI=1S/C90H76N8/c1-13-61-55(11)71-41-67-47(3)51(7)87(95-67)85(88-52(8)48(4)68(96-88)42-72-56(12)62(14-2)74(92-72)45-73(61)91-71)65-39-27-37-63-64-38-28-40-66(84(64)83(63)65)86-89-53(9)49(5)69(97-89)43-75-79(57-29-19-15-20-30-57)81(59-33-23-17-24-34-59)77(93-75)46-78-82(60-35-25-18-26-36-60)80(58-31-21-16-22-32-58)76(94-78)44-70-50(6)54(10)90(86)98-70/h15-46,91,93,96,98H,13-14H2,1-12H3. The number of fused-ring (bicyclic) bond motifs is 18. The van der Waals surface area contributed by atoms with Gasteiger partial charge in [0, 0.05) is 66.5 Å². The van der Waals surface area contributed by atoms with Crippen LogP contribution in [0.5, 0.6) is 0 Å². The minimum atomic E-state index is 0.869. The molecule has 0 fully saturated rings. The van der Waals surface area contributed by atoms with E-state index in [9.17, 15) is 0 Å². The summed E-state index contributed by atoms with van der Waals surface area (Å²) in [6.07, 6.45) is 1.77. The highest BCUT2D eigenvalue weighted by molar-refractivity contribution is 6.10. The Kier molecular flexibility index (Phi) is 14.2. The number of nitrogens with zero attached hydrogens (tertiary/aromatic N) is 4. The third-order valence-electron chi connectivity index (χ3n) is 22.0. The van der Waals surface area contributed by atoms with Crippen LogP contribution in [0.25, 0.3) is 133 Å². The first-order valence-electron chi connectivity index (χ1n) is 34.5. The molecule has 476 valence electrons. The first-order valence-corrected chi connectivity index (χ1v) is 34.5. The van der Waals surface area contributed by atoms with Crippen LogP contribution < -0.4 is 0 Å². The Labute approximate surface area is 570 Å². The van der Waals surface area contributed by atoms with E-state index in [1.807, 2.05) is 0 Å². The van der Waals surface area contributed by atoms with Crippen LogP contribution in [0.15, 0.2) is 194 Å². The lowest BCUT2D eigenvalue weighted by molar-refractivity contribution is 1.14. The number of rotatable bonds is 8. The van der Waals surface area contributed by atoms with Crippen LogP contribution in [0.4, 0.5) is 0 Å². The van der Waals surface area contributed by atoms with E-state index in [0.29, 0.717) is 0 Å². The van der Waals surface area contributed by atoms with Crippen LogP contribution in [-0.2, 0) is 6.42 Å². The van der Waals surface area contributed by atoms with E-state index >= 15 is 0 Å². The highest BCUT2D eigenvalue weighted by Gasteiger charge is 2.30. The molecule has 0 spiro atoms. The molecule has 0 radical (unpaired) electrons. The molecule has 6 aromatic heterocycles. The summed E-state index contributed by atoms with van der Waals surface area (Å²) >= 11 is 0. The molecule has 0 unspecified atom stereocenters. The van der Waals surface area contributed by atoms with Crippen molar-refractivity contribution in [1.82, 2.24) is 39.9 Å². The van der Waals surface area contributed by atoms with Crippen molar-refractivity contribution in [1.29, 1.82) is 0 Å². The first-order chi connectivity index (χ1) is 47.7. The van der Waals surface area contributed by atoms with Crippen molar-refractivity contribution >= 4 is 88.7 Å². The van der Waals surface area contributed by atoms with E-state index in [1.165, 1.54) is 54.3 Å². The molecule has 8 nitrogen and oxygen atoms in total. The SMILES string of the molecule is CCC1=C(C)c2cc3[nH]c(c(C)c3C)c(-c3cccc4c3=c3c(-c5c6nc(cc7[nH]c(cc8nc(cc9[nH]c5c(C)c9C)C(c5ccccc5)=C8c5ccccc5)c(-c5ccccc5)c7-c5ccccc5)C(C)=C6C)cccc3=4)c3nc(cc4[nH]c(cc1n2)c(CC)c4C)C(C)=C3C. The summed E-state index contributed by atoms with van der Waals surface area (Å²) < 4.78 is 0. The smallest absolute Gasteiger partial charge is 0.0769 e. The third kappa shape index (κ3) is 9.25. The Hall–Kier alpha value is -11.5. The molecule has 12 aromatic rings. The molecule has 4 N–H and O–H groups in total. The fourth-order valence-corrected chi connectivity index (χ4v) is 16.1. The topological polar surface area (TPSA) is 115 Å². The summed E-state index contributed by atoms with van der Waals surface area (Å²) in [5.74, 6) is 0. The van der Waals surface area contributed by atoms with Crippen LogP contribution >= 0.6 is 0 Å². The molecule has 8 heteroatoms. The maximum Gasteiger partial charge on any atom is 0.0769 e. The van der Waals surface area contributed by atoms with Gasteiger partial charge in [0.15, 0.2) is 0 Å². The number of nitrogens with one attached hydrogen (secondary N) is 4. The quantitative estimate of drug-likeness (QED) is 0.121. The van der Waals surface area contributed by atoms with Gasteiger partial charge in [0.1, 0.15) is 0 Å². The molecule has 1 aliphatic carbocycles. The van der Waals surface area contributed by atoms with Crippen molar-refractivity contribution in [2.75, 3.05) is 0 Å². The average molecular weight is 1270 g/mol. The van der Waals surface area contributed by atoms with Gasteiger partial charge >= 0.3 is 0 Å². The van der Waals surface area contributed by atoms with Crippen LogP contribution in [0.2, 0.25) is 0 Å². The van der Waals surface area contributed by atoms with Crippen molar-refractivity contribution in [2.24, 2.45) is 0 Å². The predicted molar refractivity (Wildman–Crippen MR) is 409 cm³/mol. The summed E-state index contributed by atoms with van der Waals surface area (Å²) in [4.78, 5) is 39.2. The summed E-state index contributed by atoms with van der Waals surface area (Å²) in [6.45, 7) is 27.0. The maximum absolute atomic E-state index is 5.94. The van der Waals surface area contributed by atoms with Crippen molar-refractivity contribution in [2.45, 2.75) is 95.9 Å². The van der Waals surface area contributed by atoms with Gasteiger partial charge in [-0.2, -0.15) is 0 Å². The Morgan fingerprint density at radius 1 is 0.286 bits per heavy atom. The minimum absolute atomic E-state index is 0.869. The van der Waals surface area contributed by atoms with Crippen LogP contribution in [0.3, 0.4) is 0 Å². The number of aromatic nitrogens is 8. The molecule has 5 aliphatic rings. The second-order valence-electron chi connectivity index (χ2n) is 27.1. The van der Waals surface area contributed by atoms with Gasteiger partial charge in [-0.05, 0) is 240 Å². The van der Waals surface area contributed by atoms with Crippen molar-refractivity contribution in [3.05, 3.63) is 305 Å². The first kappa shape index (κ1) is 60.2. The van der Waals surface area contributed by atoms with Gasteiger partial charge in [0.25, 0.3) is 0 Å². The van der Waals surface area contributed by atoms with E-state index in [2.05, 4.69) is 297 Å². The molecule has 0 atom stereocenters. The number of hydrogen-bond donors (Lipinski definition) is 4. The predicted octanol–water partition coefficient (Wildman–Crippen LogP) is 22.9. The second kappa shape index (κ2) is 23.1. The summed E-state index contributed by atoms with van der Waals surface area (Å²) in [6, 6.07) is 70.6. The summed E-state index contributed by atoms with van der Waals surface area (Å²) in [7, 11) is 0. The molecule has 6 aromatic carbocycles. The van der Waals surface area contributed by atoms with E-state index < -0.39 is 0 Å². The summed E-state index contributed by atoms with van der Waals surface area (Å²) in [5, 5.41) is 4.78. The highest BCUT2D eigenvalue weighted by atomic mass is 14.8. The normalized spacial score (nSPS) is 13.4. The molecule has 4 aliphatic heterocycles. The Morgan fingerprint density at radius 3 is 1.11 bits per heavy atom. The zero-order valence-corrected chi connectivity index (χ0v) is 57.7. The number of allylic oxidation sites excluding steroid dienone is 6. The monoisotopic (exact) mass is 1270 g/mol. The van der Waals surface area contributed by atoms with Gasteiger partial charge < -0.3 is 19.9 Å². The summed E-state index contributed by atoms with van der Waals surface area (Å²) in [5.41, 5.74) is 42.9. The number of aryl methyl sites for hydroxylation is 6. The van der Waals surface area contributed by atoms with Crippen molar-refractivity contribution < 1.29 is 0 Å². The lowest BCUT2D eigenvalue weighted by Crippen LogP contribution is -2.00. The molecule has 17 rings (SSSR count). The molecule has 0 saturated heterocycles. The lowest BCUT2D eigenvalue weighted by Gasteiger charge is -2.17. The molecular weight excluding hydrogens is 1190 g/mol. The van der Waals surface area contributed by atoms with Gasteiger partial charge in [-0.15, -0.1) is 0 Å². The van der Waals surface area contributed by atoms with Crippen LogP contribution in [0, 0.1) is 55.5 Å². The van der Waals surface area contributed by atoms with E-state index in [4.69, 9.17) is 19.9 Å². The molecule has 10 heterocycles. The number of benzene rings is 6. The zero-order valence-electron chi connectivity index (χ0n) is 57.7. The molecule has 0 amide bonds. The molecular formula is C90H76N8. The van der Waals surface area contributed by atoms with Gasteiger partial charge in [0.05, 0.1) is 56.6 Å². The zero-order chi connectivity index (χ0) is 67.1. The largest absolute Gasteiger partial charge is 0.355 e. The number of hydrogen-bond acceptors (Lipinski definition) is 4. The van der Waals surface area contributed by atoms with Gasteiger partial charge in [-0.1, -0.05) is 172 Å². The van der Waals surface area contributed by atoms with E-state index in [-0.39, 0.29) is 0 Å².